The molecule has 2 heterocycles. The Morgan fingerprint density at radius 2 is 2.19 bits per heavy atom. The third kappa shape index (κ3) is 5.04. The summed E-state index contributed by atoms with van der Waals surface area (Å²) in [5, 5.41) is 0. The minimum Gasteiger partial charge on any atom is -0.376 e. The number of nitrogens with zero attached hydrogens (tertiary/aromatic N) is 2. The van der Waals surface area contributed by atoms with Gasteiger partial charge in [-0.2, -0.15) is 0 Å². The van der Waals surface area contributed by atoms with Gasteiger partial charge in [-0.15, -0.1) is 0 Å². The second-order valence-corrected chi connectivity index (χ2v) is 5.77. The smallest absolute Gasteiger partial charge is 0.104 e. The monoisotopic (exact) mass is 294 g/mol. The molecule has 0 unspecified atom stereocenters. The fourth-order valence-corrected chi connectivity index (χ4v) is 2.39. The van der Waals surface area contributed by atoms with E-state index in [2.05, 4.69) is 22.9 Å². The normalized spacial score (nSPS) is 20.7. The first kappa shape index (κ1) is 16.4. The molecule has 2 atom stereocenters. The molecule has 5 heteroatoms. The van der Waals surface area contributed by atoms with Crippen LogP contribution in [0.5, 0.6) is 0 Å². The van der Waals surface area contributed by atoms with Crippen molar-refractivity contribution >= 4 is 0 Å². The Morgan fingerprint density at radius 3 is 2.86 bits per heavy atom. The molecular weight excluding hydrogens is 268 g/mol. The summed E-state index contributed by atoms with van der Waals surface area (Å²) in [5.41, 5.74) is 3.26. The molecule has 5 nitrogen and oxygen atoms in total. The zero-order chi connectivity index (χ0) is 15.2. The van der Waals surface area contributed by atoms with Crippen molar-refractivity contribution in [1.29, 1.82) is 0 Å². The lowest BCUT2D eigenvalue weighted by Crippen LogP contribution is -2.32. The van der Waals surface area contributed by atoms with Crippen LogP contribution in [0.15, 0.2) is 12.1 Å². The van der Waals surface area contributed by atoms with Crippen molar-refractivity contribution in [2.24, 2.45) is 0 Å². The van der Waals surface area contributed by atoms with Crippen LogP contribution in [0, 0.1) is 6.92 Å². The molecule has 1 aliphatic rings. The van der Waals surface area contributed by atoms with Crippen LogP contribution in [-0.2, 0) is 20.8 Å². The van der Waals surface area contributed by atoms with Gasteiger partial charge in [-0.25, -0.2) is 0 Å². The van der Waals surface area contributed by atoms with E-state index in [-0.39, 0.29) is 12.2 Å². The third-order valence-electron chi connectivity index (χ3n) is 3.47. The van der Waals surface area contributed by atoms with Gasteiger partial charge in [0.25, 0.3) is 0 Å². The highest BCUT2D eigenvalue weighted by atomic mass is 16.6. The van der Waals surface area contributed by atoms with Gasteiger partial charge in [0.2, 0.25) is 0 Å². The number of rotatable bonds is 6. The Kier molecular flexibility index (Phi) is 6.11. The van der Waals surface area contributed by atoms with Gasteiger partial charge in [0.15, 0.2) is 0 Å². The van der Waals surface area contributed by atoms with Crippen LogP contribution >= 0.6 is 0 Å². The molecule has 0 amide bonds. The van der Waals surface area contributed by atoms with Gasteiger partial charge in [-0.1, -0.05) is 6.07 Å². The number of aryl methyl sites for hydroxylation is 1. The molecule has 0 radical (unpaired) electrons. The van der Waals surface area contributed by atoms with E-state index < -0.39 is 0 Å². The maximum absolute atomic E-state index is 5.97. The van der Waals surface area contributed by atoms with Gasteiger partial charge in [0.05, 0.1) is 38.2 Å². The van der Waals surface area contributed by atoms with Crippen molar-refractivity contribution in [3.05, 3.63) is 29.1 Å². The molecule has 1 aromatic rings. The number of pyridine rings is 1. The summed E-state index contributed by atoms with van der Waals surface area (Å²) in [6, 6.07) is 4.15. The third-order valence-corrected chi connectivity index (χ3v) is 3.47. The first-order chi connectivity index (χ1) is 10.1. The lowest BCUT2D eigenvalue weighted by atomic mass is 10.1. The number of aromatic nitrogens is 1. The Bertz CT molecular complexity index is 445. The zero-order valence-electron chi connectivity index (χ0n) is 13.5. The van der Waals surface area contributed by atoms with Gasteiger partial charge < -0.3 is 19.1 Å². The highest BCUT2D eigenvalue weighted by Gasteiger charge is 2.18. The van der Waals surface area contributed by atoms with Crippen molar-refractivity contribution < 1.29 is 14.2 Å². The van der Waals surface area contributed by atoms with Crippen LogP contribution < -0.4 is 0 Å². The Morgan fingerprint density at radius 1 is 1.38 bits per heavy atom. The number of hydrogen-bond donors (Lipinski definition) is 0. The van der Waals surface area contributed by atoms with Gasteiger partial charge in [0.1, 0.15) is 6.10 Å². The molecule has 1 aromatic heterocycles. The van der Waals surface area contributed by atoms with Crippen molar-refractivity contribution in [2.75, 3.05) is 40.5 Å². The summed E-state index contributed by atoms with van der Waals surface area (Å²) in [4.78, 5) is 6.77. The van der Waals surface area contributed by atoms with Crippen LogP contribution in [0.4, 0.5) is 0 Å². The molecule has 0 aliphatic carbocycles. The molecule has 0 aromatic carbocycles. The summed E-state index contributed by atoms with van der Waals surface area (Å²) < 4.78 is 17.0. The predicted molar refractivity (Wildman–Crippen MR) is 81.3 cm³/mol. The van der Waals surface area contributed by atoms with E-state index in [0.717, 1.165) is 23.5 Å². The van der Waals surface area contributed by atoms with Crippen LogP contribution in [0.1, 0.15) is 30.0 Å². The second-order valence-electron chi connectivity index (χ2n) is 5.77. The quantitative estimate of drug-likeness (QED) is 0.802. The highest BCUT2D eigenvalue weighted by Crippen LogP contribution is 2.22. The SMILES string of the molecule is Cc1ccc([C@@H](C)OC[C@@H]2COCCO2)c(CN(C)C)n1. The van der Waals surface area contributed by atoms with E-state index in [1.165, 1.54) is 0 Å². The summed E-state index contributed by atoms with van der Waals surface area (Å²) in [6.07, 6.45) is 0.0375. The predicted octanol–water partition coefficient (Wildman–Crippen LogP) is 1.94. The van der Waals surface area contributed by atoms with Crippen LogP contribution in [0.2, 0.25) is 0 Å². The van der Waals surface area contributed by atoms with Gasteiger partial charge >= 0.3 is 0 Å². The average Bonchev–Trinajstić information content (AvgIpc) is 2.45. The Labute approximate surface area is 127 Å². The molecule has 0 saturated carbocycles. The first-order valence-corrected chi connectivity index (χ1v) is 7.48. The molecule has 1 aliphatic heterocycles. The lowest BCUT2D eigenvalue weighted by molar-refractivity contribution is -0.123. The van der Waals surface area contributed by atoms with E-state index >= 15 is 0 Å². The Balaban J connectivity index is 1.98. The van der Waals surface area contributed by atoms with Crippen molar-refractivity contribution in [3.63, 3.8) is 0 Å². The van der Waals surface area contributed by atoms with Gasteiger partial charge in [-0.3, -0.25) is 4.98 Å². The van der Waals surface area contributed by atoms with Gasteiger partial charge in [0, 0.05) is 17.8 Å². The minimum atomic E-state index is -0.00132. The molecule has 0 bridgehead atoms. The molecule has 118 valence electrons. The average molecular weight is 294 g/mol. The summed E-state index contributed by atoms with van der Waals surface area (Å²) >= 11 is 0. The lowest BCUT2D eigenvalue weighted by Gasteiger charge is -2.25. The maximum atomic E-state index is 5.97. The standard InChI is InChI=1S/C16H26N2O3/c1-12-5-6-15(16(17-12)9-18(3)4)13(2)21-11-14-10-19-7-8-20-14/h5-6,13-14H,7-11H2,1-4H3/t13-,14+/m1/s1. The van der Waals surface area contributed by atoms with E-state index in [4.69, 9.17) is 14.2 Å². The fraction of sp³-hybridized carbons (Fsp3) is 0.688. The highest BCUT2D eigenvalue weighted by molar-refractivity contribution is 5.24. The minimum absolute atomic E-state index is 0.00132. The van der Waals surface area contributed by atoms with E-state index in [0.29, 0.717) is 26.4 Å². The van der Waals surface area contributed by atoms with Crippen LogP contribution in [0.25, 0.3) is 0 Å². The summed E-state index contributed by atoms with van der Waals surface area (Å²) in [7, 11) is 4.10. The fourth-order valence-electron chi connectivity index (χ4n) is 2.39. The Hall–Kier alpha value is -1.01. The van der Waals surface area contributed by atoms with E-state index in [1.807, 2.05) is 27.1 Å². The van der Waals surface area contributed by atoms with E-state index in [9.17, 15) is 0 Å². The van der Waals surface area contributed by atoms with Crippen molar-refractivity contribution in [2.45, 2.75) is 32.6 Å². The topological polar surface area (TPSA) is 43.8 Å². The van der Waals surface area contributed by atoms with Crippen LogP contribution in [-0.4, -0.2) is 56.5 Å². The molecule has 0 spiro atoms. The zero-order valence-corrected chi connectivity index (χ0v) is 13.5. The van der Waals surface area contributed by atoms with Crippen molar-refractivity contribution in [1.82, 2.24) is 9.88 Å². The van der Waals surface area contributed by atoms with Crippen LogP contribution in [0.3, 0.4) is 0 Å². The first-order valence-electron chi connectivity index (χ1n) is 7.48. The summed E-state index contributed by atoms with van der Waals surface area (Å²) in [6.45, 7) is 7.39. The van der Waals surface area contributed by atoms with Crippen molar-refractivity contribution in [3.8, 4) is 0 Å². The van der Waals surface area contributed by atoms with E-state index in [1.54, 1.807) is 0 Å². The molecule has 1 saturated heterocycles. The second kappa shape index (κ2) is 7.84. The number of ether oxygens (including phenoxy) is 3. The largest absolute Gasteiger partial charge is 0.376 e. The number of hydrogen-bond acceptors (Lipinski definition) is 5. The van der Waals surface area contributed by atoms with Gasteiger partial charge in [-0.05, 0) is 34.0 Å². The molecule has 21 heavy (non-hydrogen) atoms. The molecular formula is C16H26N2O3. The summed E-state index contributed by atoms with van der Waals surface area (Å²) in [5.74, 6) is 0. The molecule has 2 rings (SSSR count). The molecule has 0 N–H and O–H groups in total. The molecule has 1 fully saturated rings. The maximum Gasteiger partial charge on any atom is 0.104 e.